The second-order valence-electron chi connectivity index (χ2n) is 5.06. The normalized spacial score (nSPS) is 32.8. The number of ether oxygens (including phenoxy) is 4. The molecule has 5 nitrogen and oxygen atoms in total. The van der Waals surface area contributed by atoms with Crippen LogP contribution in [0.25, 0.3) is 0 Å². The molecular formula is C13H24O5. The van der Waals surface area contributed by atoms with Crippen molar-refractivity contribution in [2.45, 2.75) is 57.2 Å². The molecule has 0 aromatic carbocycles. The zero-order chi connectivity index (χ0) is 13.0. The van der Waals surface area contributed by atoms with Crippen LogP contribution in [0.3, 0.4) is 0 Å². The van der Waals surface area contributed by atoms with Crippen LogP contribution in [-0.2, 0) is 18.9 Å². The molecule has 1 saturated heterocycles. The molecule has 3 unspecified atom stereocenters. The van der Waals surface area contributed by atoms with Gasteiger partial charge in [0, 0.05) is 19.4 Å². The largest absolute Gasteiger partial charge is 0.390 e. The van der Waals surface area contributed by atoms with Crippen LogP contribution < -0.4 is 0 Å². The Balaban J connectivity index is 1.85. The molecule has 2 aliphatic rings. The second-order valence-corrected chi connectivity index (χ2v) is 5.06. The SMILES string of the molecule is CCOCC(C)OC1CC2(CCC1O)OCCO2. The van der Waals surface area contributed by atoms with E-state index in [2.05, 4.69) is 0 Å². The second kappa shape index (κ2) is 6.30. The molecule has 2 fully saturated rings. The molecule has 1 N–H and O–H groups in total. The predicted octanol–water partition coefficient (Wildman–Crippen LogP) is 1.08. The van der Waals surface area contributed by atoms with Crippen LogP contribution in [0, 0.1) is 0 Å². The molecule has 18 heavy (non-hydrogen) atoms. The molecule has 0 aromatic heterocycles. The Morgan fingerprint density at radius 3 is 2.78 bits per heavy atom. The van der Waals surface area contributed by atoms with Gasteiger partial charge in [0.05, 0.1) is 38.1 Å². The van der Waals surface area contributed by atoms with Crippen molar-refractivity contribution in [2.24, 2.45) is 0 Å². The molecule has 1 saturated carbocycles. The maximum Gasteiger partial charge on any atom is 0.171 e. The summed E-state index contributed by atoms with van der Waals surface area (Å²) in [7, 11) is 0. The minimum atomic E-state index is -0.519. The van der Waals surface area contributed by atoms with Gasteiger partial charge in [0.25, 0.3) is 0 Å². The summed E-state index contributed by atoms with van der Waals surface area (Å²) in [5.41, 5.74) is 0. The molecule has 3 atom stereocenters. The van der Waals surface area contributed by atoms with E-state index in [1.807, 2.05) is 13.8 Å². The lowest BCUT2D eigenvalue weighted by Gasteiger charge is -2.39. The van der Waals surface area contributed by atoms with Crippen molar-refractivity contribution in [3.63, 3.8) is 0 Å². The fraction of sp³-hybridized carbons (Fsp3) is 1.00. The fourth-order valence-electron chi connectivity index (χ4n) is 2.62. The van der Waals surface area contributed by atoms with E-state index >= 15 is 0 Å². The fourth-order valence-corrected chi connectivity index (χ4v) is 2.62. The maximum atomic E-state index is 10.0. The monoisotopic (exact) mass is 260 g/mol. The van der Waals surface area contributed by atoms with Gasteiger partial charge < -0.3 is 24.1 Å². The highest BCUT2D eigenvalue weighted by Gasteiger charge is 2.45. The van der Waals surface area contributed by atoms with Crippen molar-refractivity contribution < 1.29 is 24.1 Å². The summed E-state index contributed by atoms with van der Waals surface area (Å²) >= 11 is 0. The summed E-state index contributed by atoms with van der Waals surface area (Å²) in [6.07, 6.45) is 1.31. The molecular weight excluding hydrogens is 236 g/mol. The first-order valence-electron chi connectivity index (χ1n) is 6.84. The van der Waals surface area contributed by atoms with E-state index in [9.17, 15) is 5.11 Å². The smallest absolute Gasteiger partial charge is 0.171 e. The van der Waals surface area contributed by atoms with Crippen molar-refractivity contribution in [3.8, 4) is 0 Å². The molecule has 0 aromatic rings. The predicted molar refractivity (Wildman–Crippen MR) is 65.3 cm³/mol. The molecule has 106 valence electrons. The highest BCUT2D eigenvalue weighted by atomic mass is 16.7. The summed E-state index contributed by atoms with van der Waals surface area (Å²) in [5.74, 6) is -0.519. The van der Waals surface area contributed by atoms with Crippen molar-refractivity contribution >= 4 is 0 Å². The third-order valence-corrected chi connectivity index (χ3v) is 3.54. The Bertz CT molecular complexity index is 252. The molecule has 0 bridgehead atoms. The number of aliphatic hydroxyl groups is 1. The first kappa shape index (κ1) is 14.2. The molecule has 0 amide bonds. The topological polar surface area (TPSA) is 57.2 Å². The van der Waals surface area contributed by atoms with E-state index in [1.165, 1.54) is 0 Å². The number of hydrogen-bond donors (Lipinski definition) is 1. The lowest BCUT2D eigenvalue weighted by Crippen LogP contribution is -2.47. The first-order valence-corrected chi connectivity index (χ1v) is 6.84. The van der Waals surface area contributed by atoms with Crippen LogP contribution in [0.5, 0.6) is 0 Å². The van der Waals surface area contributed by atoms with Gasteiger partial charge >= 0.3 is 0 Å². The highest BCUT2D eigenvalue weighted by molar-refractivity contribution is 4.89. The zero-order valence-corrected chi connectivity index (χ0v) is 11.3. The minimum Gasteiger partial charge on any atom is -0.390 e. The van der Waals surface area contributed by atoms with E-state index in [1.54, 1.807) is 0 Å². The van der Waals surface area contributed by atoms with Crippen molar-refractivity contribution in [1.82, 2.24) is 0 Å². The molecule has 5 heteroatoms. The van der Waals surface area contributed by atoms with Crippen LogP contribution in [0.2, 0.25) is 0 Å². The van der Waals surface area contributed by atoms with Gasteiger partial charge in [-0.2, -0.15) is 0 Å². The Kier molecular flexibility index (Phi) is 4.98. The van der Waals surface area contributed by atoms with Gasteiger partial charge in [-0.3, -0.25) is 0 Å². The van der Waals surface area contributed by atoms with Crippen LogP contribution in [0.15, 0.2) is 0 Å². The van der Waals surface area contributed by atoms with Crippen molar-refractivity contribution in [3.05, 3.63) is 0 Å². The molecule has 2 rings (SSSR count). The summed E-state index contributed by atoms with van der Waals surface area (Å²) in [5, 5.41) is 10.0. The van der Waals surface area contributed by atoms with Crippen molar-refractivity contribution in [1.29, 1.82) is 0 Å². The van der Waals surface area contributed by atoms with Gasteiger partial charge in [0.15, 0.2) is 5.79 Å². The molecule has 1 spiro atoms. The van der Waals surface area contributed by atoms with E-state index in [0.29, 0.717) is 39.3 Å². The average Bonchev–Trinajstić information content (AvgIpc) is 2.80. The molecule has 1 aliphatic carbocycles. The zero-order valence-electron chi connectivity index (χ0n) is 11.3. The van der Waals surface area contributed by atoms with Gasteiger partial charge in [0.1, 0.15) is 0 Å². The van der Waals surface area contributed by atoms with E-state index in [-0.39, 0.29) is 12.2 Å². The van der Waals surface area contributed by atoms with Gasteiger partial charge in [0.2, 0.25) is 0 Å². The standard InChI is InChI=1S/C13H24O5/c1-3-15-9-10(2)18-12-8-13(5-4-11(12)14)16-6-7-17-13/h10-12,14H,3-9H2,1-2H3. The maximum absolute atomic E-state index is 10.0. The lowest BCUT2D eigenvalue weighted by molar-refractivity contribution is -0.229. The average molecular weight is 260 g/mol. The molecule has 1 aliphatic heterocycles. The van der Waals surface area contributed by atoms with Gasteiger partial charge in [-0.1, -0.05) is 0 Å². The van der Waals surface area contributed by atoms with E-state index < -0.39 is 11.9 Å². The summed E-state index contributed by atoms with van der Waals surface area (Å²) in [6, 6.07) is 0. The van der Waals surface area contributed by atoms with Crippen LogP contribution in [0.4, 0.5) is 0 Å². The van der Waals surface area contributed by atoms with Crippen LogP contribution >= 0.6 is 0 Å². The third kappa shape index (κ3) is 3.42. The summed E-state index contributed by atoms with van der Waals surface area (Å²) in [6.45, 7) is 6.41. The number of rotatable bonds is 5. The lowest BCUT2D eigenvalue weighted by atomic mass is 9.89. The van der Waals surface area contributed by atoms with Gasteiger partial charge in [-0.15, -0.1) is 0 Å². The van der Waals surface area contributed by atoms with E-state index in [0.717, 1.165) is 6.42 Å². The summed E-state index contributed by atoms with van der Waals surface area (Å²) < 4.78 is 22.5. The summed E-state index contributed by atoms with van der Waals surface area (Å²) in [4.78, 5) is 0. The van der Waals surface area contributed by atoms with Gasteiger partial charge in [-0.25, -0.2) is 0 Å². The number of aliphatic hydroxyl groups excluding tert-OH is 1. The molecule has 0 radical (unpaired) electrons. The van der Waals surface area contributed by atoms with Gasteiger partial charge in [-0.05, 0) is 20.3 Å². The minimum absolute atomic E-state index is 0.0267. The number of hydrogen-bond acceptors (Lipinski definition) is 5. The quantitative estimate of drug-likeness (QED) is 0.801. The van der Waals surface area contributed by atoms with Crippen LogP contribution in [-0.4, -0.2) is 55.6 Å². The Hall–Kier alpha value is -0.200. The first-order chi connectivity index (χ1) is 8.65. The Morgan fingerprint density at radius 2 is 2.11 bits per heavy atom. The highest BCUT2D eigenvalue weighted by Crippen LogP contribution is 2.37. The molecule has 1 heterocycles. The van der Waals surface area contributed by atoms with Crippen LogP contribution in [0.1, 0.15) is 33.1 Å². The Morgan fingerprint density at radius 1 is 1.39 bits per heavy atom. The third-order valence-electron chi connectivity index (χ3n) is 3.54. The Labute approximate surface area is 108 Å². The van der Waals surface area contributed by atoms with Crippen molar-refractivity contribution in [2.75, 3.05) is 26.4 Å². The van der Waals surface area contributed by atoms with E-state index in [4.69, 9.17) is 18.9 Å².